The minimum Gasteiger partial charge on any atom is -0.372 e. The van der Waals surface area contributed by atoms with Crippen molar-refractivity contribution in [3.8, 4) is 0 Å². The number of anilines is 2. The largest absolute Gasteiger partial charge is 0.372 e. The molecule has 1 aliphatic heterocycles. The quantitative estimate of drug-likeness (QED) is 0.795. The van der Waals surface area contributed by atoms with Crippen molar-refractivity contribution in [2.45, 2.75) is 39.2 Å². The van der Waals surface area contributed by atoms with Gasteiger partial charge in [0.1, 0.15) is 5.82 Å². The number of hydrogen-bond donors (Lipinski definition) is 2. The SMILES string of the molecule is Cc1cccnc1NC(=S)N[C@@H](C)c1ccc(N2CCCCC2)cc1. The maximum atomic E-state index is 5.43. The summed E-state index contributed by atoms with van der Waals surface area (Å²) in [5.41, 5.74) is 3.62. The summed E-state index contributed by atoms with van der Waals surface area (Å²) in [6, 6.07) is 12.9. The van der Waals surface area contributed by atoms with Crippen molar-refractivity contribution in [2.75, 3.05) is 23.3 Å². The predicted octanol–water partition coefficient (Wildman–Crippen LogP) is 4.43. The van der Waals surface area contributed by atoms with Gasteiger partial charge >= 0.3 is 0 Å². The molecular formula is C20H26N4S. The second-order valence-electron chi connectivity index (χ2n) is 6.63. The van der Waals surface area contributed by atoms with E-state index in [1.165, 1.54) is 43.6 Å². The predicted molar refractivity (Wildman–Crippen MR) is 109 cm³/mol. The zero-order valence-electron chi connectivity index (χ0n) is 15.0. The van der Waals surface area contributed by atoms with Gasteiger partial charge in [-0.2, -0.15) is 0 Å². The molecule has 1 saturated heterocycles. The minimum atomic E-state index is 0.138. The van der Waals surface area contributed by atoms with Crippen LogP contribution in [0.25, 0.3) is 0 Å². The van der Waals surface area contributed by atoms with Crippen LogP contribution in [0, 0.1) is 6.92 Å². The number of benzene rings is 1. The summed E-state index contributed by atoms with van der Waals surface area (Å²) in [7, 11) is 0. The average molecular weight is 355 g/mol. The van der Waals surface area contributed by atoms with Crippen molar-refractivity contribution in [1.29, 1.82) is 0 Å². The van der Waals surface area contributed by atoms with E-state index in [1.54, 1.807) is 6.20 Å². The molecule has 1 fully saturated rings. The van der Waals surface area contributed by atoms with Gasteiger partial charge in [0.2, 0.25) is 0 Å². The molecule has 132 valence electrons. The van der Waals surface area contributed by atoms with Gasteiger partial charge in [0.25, 0.3) is 0 Å². The highest BCUT2D eigenvalue weighted by Gasteiger charge is 2.12. The Balaban J connectivity index is 1.58. The Labute approximate surface area is 155 Å². The van der Waals surface area contributed by atoms with Gasteiger partial charge in [-0.3, -0.25) is 0 Å². The van der Waals surface area contributed by atoms with Crippen LogP contribution in [0.3, 0.4) is 0 Å². The summed E-state index contributed by atoms with van der Waals surface area (Å²) >= 11 is 5.43. The van der Waals surface area contributed by atoms with Crippen LogP contribution in [0.5, 0.6) is 0 Å². The van der Waals surface area contributed by atoms with E-state index in [2.05, 4.69) is 51.7 Å². The number of hydrogen-bond acceptors (Lipinski definition) is 3. The zero-order chi connectivity index (χ0) is 17.6. The maximum absolute atomic E-state index is 5.43. The molecule has 1 aliphatic rings. The molecule has 2 N–H and O–H groups in total. The number of aromatic nitrogens is 1. The molecule has 0 aliphatic carbocycles. The van der Waals surface area contributed by atoms with Crippen molar-refractivity contribution >= 4 is 28.8 Å². The molecule has 25 heavy (non-hydrogen) atoms. The van der Waals surface area contributed by atoms with E-state index in [4.69, 9.17) is 12.2 Å². The number of rotatable bonds is 4. The van der Waals surface area contributed by atoms with Gasteiger partial charge in [0, 0.05) is 25.0 Å². The third kappa shape index (κ3) is 4.69. The van der Waals surface area contributed by atoms with E-state index in [-0.39, 0.29) is 6.04 Å². The molecule has 1 aromatic heterocycles. The van der Waals surface area contributed by atoms with Crippen LogP contribution >= 0.6 is 12.2 Å². The van der Waals surface area contributed by atoms with Gasteiger partial charge < -0.3 is 15.5 Å². The fourth-order valence-corrected chi connectivity index (χ4v) is 3.44. The average Bonchev–Trinajstić information content (AvgIpc) is 2.64. The van der Waals surface area contributed by atoms with Crippen molar-refractivity contribution in [3.63, 3.8) is 0 Å². The maximum Gasteiger partial charge on any atom is 0.172 e. The first kappa shape index (κ1) is 17.7. The lowest BCUT2D eigenvalue weighted by molar-refractivity contribution is 0.577. The van der Waals surface area contributed by atoms with Crippen molar-refractivity contribution in [1.82, 2.24) is 10.3 Å². The lowest BCUT2D eigenvalue weighted by atomic mass is 10.1. The Kier molecular flexibility index (Phi) is 5.87. The van der Waals surface area contributed by atoms with Crippen LogP contribution in [0.1, 0.15) is 43.4 Å². The second-order valence-corrected chi connectivity index (χ2v) is 7.04. The summed E-state index contributed by atoms with van der Waals surface area (Å²) in [6.07, 6.45) is 5.72. The molecule has 2 heterocycles. The van der Waals surface area contributed by atoms with Crippen molar-refractivity contribution < 1.29 is 0 Å². The van der Waals surface area contributed by atoms with E-state index in [0.29, 0.717) is 5.11 Å². The topological polar surface area (TPSA) is 40.2 Å². The summed E-state index contributed by atoms with van der Waals surface area (Å²) in [6.45, 7) is 6.48. The molecule has 0 radical (unpaired) electrons. The van der Waals surface area contributed by atoms with E-state index >= 15 is 0 Å². The van der Waals surface area contributed by atoms with Crippen LogP contribution in [0.2, 0.25) is 0 Å². The third-order valence-corrected chi connectivity index (χ3v) is 4.92. The first-order valence-electron chi connectivity index (χ1n) is 8.97. The lowest BCUT2D eigenvalue weighted by Crippen LogP contribution is -2.31. The van der Waals surface area contributed by atoms with Crippen LogP contribution in [0.4, 0.5) is 11.5 Å². The number of pyridine rings is 1. The molecule has 1 aromatic carbocycles. The van der Waals surface area contributed by atoms with E-state index < -0.39 is 0 Å². The number of nitrogens with one attached hydrogen (secondary N) is 2. The smallest absolute Gasteiger partial charge is 0.172 e. The third-order valence-electron chi connectivity index (χ3n) is 4.70. The molecule has 4 nitrogen and oxygen atoms in total. The molecule has 0 amide bonds. The fraction of sp³-hybridized carbons (Fsp3) is 0.400. The van der Waals surface area contributed by atoms with E-state index in [9.17, 15) is 0 Å². The normalized spacial score (nSPS) is 15.5. The van der Waals surface area contributed by atoms with Crippen LogP contribution < -0.4 is 15.5 Å². The zero-order valence-corrected chi connectivity index (χ0v) is 15.8. The Morgan fingerprint density at radius 1 is 1.12 bits per heavy atom. The monoisotopic (exact) mass is 354 g/mol. The standard InChI is InChI=1S/C20H26N4S/c1-15-7-6-12-21-19(15)23-20(25)22-16(2)17-8-10-18(11-9-17)24-13-4-3-5-14-24/h6-12,16H,3-5,13-14H2,1-2H3,(H2,21,22,23,25)/t16-/m0/s1. The van der Waals surface area contributed by atoms with Gasteiger partial charge in [-0.1, -0.05) is 18.2 Å². The highest BCUT2D eigenvalue weighted by atomic mass is 32.1. The van der Waals surface area contributed by atoms with Gasteiger partial charge in [-0.05, 0) is 74.7 Å². The molecule has 0 saturated carbocycles. The van der Waals surface area contributed by atoms with E-state index in [0.717, 1.165) is 11.4 Å². The molecule has 0 spiro atoms. The number of piperidine rings is 1. The van der Waals surface area contributed by atoms with Crippen molar-refractivity contribution in [3.05, 3.63) is 53.7 Å². The van der Waals surface area contributed by atoms with Gasteiger partial charge in [0.15, 0.2) is 5.11 Å². The molecule has 0 unspecified atom stereocenters. The van der Waals surface area contributed by atoms with Gasteiger partial charge in [-0.15, -0.1) is 0 Å². The Bertz CT molecular complexity index is 708. The summed E-state index contributed by atoms with van der Waals surface area (Å²) < 4.78 is 0. The fourth-order valence-electron chi connectivity index (χ4n) is 3.17. The highest BCUT2D eigenvalue weighted by Crippen LogP contribution is 2.22. The van der Waals surface area contributed by atoms with E-state index in [1.807, 2.05) is 19.1 Å². The molecule has 3 rings (SSSR count). The summed E-state index contributed by atoms with van der Waals surface area (Å²) in [4.78, 5) is 6.79. The van der Waals surface area contributed by atoms with Crippen LogP contribution in [0.15, 0.2) is 42.6 Å². The van der Waals surface area contributed by atoms with Crippen LogP contribution in [-0.2, 0) is 0 Å². The molecular weight excluding hydrogens is 328 g/mol. The van der Waals surface area contributed by atoms with Gasteiger partial charge in [-0.25, -0.2) is 4.98 Å². The second kappa shape index (κ2) is 8.30. The van der Waals surface area contributed by atoms with Crippen molar-refractivity contribution in [2.24, 2.45) is 0 Å². The molecule has 5 heteroatoms. The lowest BCUT2D eigenvalue weighted by Gasteiger charge is -2.29. The molecule has 1 atom stereocenters. The minimum absolute atomic E-state index is 0.138. The first-order valence-corrected chi connectivity index (χ1v) is 9.38. The summed E-state index contributed by atoms with van der Waals surface area (Å²) in [5, 5.41) is 7.10. The number of thiocarbonyl (C=S) groups is 1. The van der Waals surface area contributed by atoms with Gasteiger partial charge in [0.05, 0.1) is 6.04 Å². The number of nitrogens with zero attached hydrogens (tertiary/aromatic N) is 2. The first-order chi connectivity index (χ1) is 12.1. The molecule has 0 bridgehead atoms. The van der Waals surface area contributed by atoms with Crippen LogP contribution in [-0.4, -0.2) is 23.2 Å². The Morgan fingerprint density at radius 3 is 2.52 bits per heavy atom. The Morgan fingerprint density at radius 2 is 1.84 bits per heavy atom. The molecule has 2 aromatic rings. The number of aryl methyl sites for hydroxylation is 1. The highest BCUT2D eigenvalue weighted by molar-refractivity contribution is 7.80. The summed E-state index contributed by atoms with van der Waals surface area (Å²) in [5.74, 6) is 0.799. The Hall–Kier alpha value is -2.14.